The van der Waals surface area contributed by atoms with Crippen molar-refractivity contribution in [2.75, 3.05) is 0 Å². The van der Waals surface area contributed by atoms with Crippen LogP contribution < -0.4 is 15.9 Å². The third kappa shape index (κ3) is 3.64. The lowest BCUT2D eigenvalue weighted by atomic mass is 9.87. The first-order valence-electron chi connectivity index (χ1n) is 13.8. The minimum Gasteiger partial charge on any atom is -0.309 e. The van der Waals surface area contributed by atoms with Gasteiger partial charge in [0.05, 0.1) is 0 Å². The maximum atomic E-state index is 15.9. The molecule has 0 heterocycles. The topological polar surface area (TPSA) is 17.1 Å². The molecule has 2 aliphatic carbocycles. The summed E-state index contributed by atoms with van der Waals surface area (Å²) in [5, 5.41) is 5.20. The zero-order valence-corrected chi connectivity index (χ0v) is 22.5. The summed E-state index contributed by atoms with van der Waals surface area (Å²) in [6.07, 6.45) is 6.93. The Morgan fingerprint density at radius 3 is 1.74 bits per heavy atom. The van der Waals surface area contributed by atoms with Gasteiger partial charge in [0, 0.05) is 15.9 Å². The highest BCUT2D eigenvalue weighted by atomic mass is 31.2. The SMILES string of the molecule is O=P(c1ccccc1)(c1ccccc1)c1c2c(c(-c3ccccc3)c3ccccc13)C1=C(CCCCC1)C2. The Balaban J connectivity index is 1.66. The van der Waals surface area contributed by atoms with E-state index in [0.29, 0.717) is 0 Å². The summed E-state index contributed by atoms with van der Waals surface area (Å²) in [4.78, 5) is 0. The van der Waals surface area contributed by atoms with E-state index in [4.69, 9.17) is 0 Å². The summed E-state index contributed by atoms with van der Waals surface area (Å²) in [6.45, 7) is 0. The van der Waals surface area contributed by atoms with E-state index >= 15 is 4.57 Å². The van der Waals surface area contributed by atoms with Crippen molar-refractivity contribution in [2.45, 2.75) is 38.5 Å². The summed E-state index contributed by atoms with van der Waals surface area (Å²) >= 11 is 0. The van der Waals surface area contributed by atoms with Gasteiger partial charge >= 0.3 is 0 Å². The Bertz CT molecular complexity index is 1670. The molecule has 0 spiro atoms. The van der Waals surface area contributed by atoms with Crippen molar-refractivity contribution in [2.24, 2.45) is 0 Å². The highest BCUT2D eigenvalue weighted by Gasteiger charge is 2.39. The lowest BCUT2D eigenvalue weighted by molar-refractivity contribution is 0.592. The molecule has 38 heavy (non-hydrogen) atoms. The van der Waals surface area contributed by atoms with Gasteiger partial charge < -0.3 is 4.57 Å². The van der Waals surface area contributed by atoms with Crippen LogP contribution in [0.5, 0.6) is 0 Å². The number of allylic oxidation sites excluding steroid dienone is 2. The lowest BCUT2D eigenvalue weighted by Gasteiger charge is -2.27. The first-order chi connectivity index (χ1) is 18.8. The second kappa shape index (κ2) is 9.57. The lowest BCUT2D eigenvalue weighted by Crippen LogP contribution is -2.28. The van der Waals surface area contributed by atoms with E-state index < -0.39 is 7.14 Å². The van der Waals surface area contributed by atoms with Gasteiger partial charge in [0.25, 0.3) is 0 Å². The number of fused-ring (bicyclic) bond motifs is 3. The van der Waals surface area contributed by atoms with Gasteiger partial charge in [-0.25, -0.2) is 0 Å². The zero-order chi connectivity index (χ0) is 25.5. The van der Waals surface area contributed by atoms with Crippen LogP contribution >= 0.6 is 7.14 Å². The van der Waals surface area contributed by atoms with Crippen molar-refractivity contribution >= 4 is 39.4 Å². The molecule has 0 amide bonds. The quantitative estimate of drug-likeness (QED) is 0.222. The maximum Gasteiger partial charge on any atom is 0.171 e. The van der Waals surface area contributed by atoms with E-state index in [1.807, 2.05) is 36.4 Å². The Kier molecular flexibility index (Phi) is 5.91. The van der Waals surface area contributed by atoms with Crippen LogP contribution in [0.3, 0.4) is 0 Å². The molecule has 0 atom stereocenters. The van der Waals surface area contributed by atoms with Gasteiger partial charge in [0.15, 0.2) is 7.14 Å². The molecule has 0 bridgehead atoms. The number of hydrogen-bond donors (Lipinski definition) is 0. The van der Waals surface area contributed by atoms with E-state index in [1.165, 1.54) is 52.5 Å². The predicted octanol–water partition coefficient (Wildman–Crippen LogP) is 8.42. The summed E-state index contributed by atoms with van der Waals surface area (Å²) < 4.78 is 15.9. The molecule has 2 aliphatic rings. The Morgan fingerprint density at radius 2 is 1.08 bits per heavy atom. The van der Waals surface area contributed by atoms with Gasteiger partial charge in [-0.15, -0.1) is 0 Å². The molecule has 2 heteroatoms. The first kappa shape index (κ1) is 23.4. The monoisotopic (exact) mass is 510 g/mol. The normalized spacial score (nSPS) is 15.3. The van der Waals surface area contributed by atoms with Gasteiger partial charge in [-0.05, 0) is 70.7 Å². The third-order valence-corrected chi connectivity index (χ3v) is 11.6. The molecule has 0 radical (unpaired) electrons. The summed E-state index contributed by atoms with van der Waals surface area (Å²) in [6, 6.07) is 40.0. The molecule has 0 saturated heterocycles. The van der Waals surface area contributed by atoms with Crippen molar-refractivity contribution in [1.29, 1.82) is 0 Å². The third-order valence-electron chi connectivity index (χ3n) is 8.43. The van der Waals surface area contributed by atoms with Gasteiger partial charge in [0.1, 0.15) is 0 Å². The molecule has 0 unspecified atom stereocenters. The van der Waals surface area contributed by atoms with Crippen LogP contribution in [0.2, 0.25) is 0 Å². The van der Waals surface area contributed by atoms with Crippen molar-refractivity contribution in [1.82, 2.24) is 0 Å². The number of benzene rings is 5. The van der Waals surface area contributed by atoms with E-state index in [2.05, 4.69) is 78.9 Å². The molecule has 5 aromatic rings. The van der Waals surface area contributed by atoms with Crippen LogP contribution in [-0.4, -0.2) is 0 Å². The Labute approximate surface area is 225 Å². The summed E-state index contributed by atoms with van der Waals surface area (Å²) in [5.74, 6) is 0. The van der Waals surface area contributed by atoms with Crippen LogP contribution in [0.25, 0.3) is 27.5 Å². The minimum atomic E-state index is -3.17. The number of hydrogen-bond acceptors (Lipinski definition) is 1. The molecule has 0 aliphatic heterocycles. The molecular formula is C36H31OP. The van der Waals surface area contributed by atoms with E-state index in [0.717, 1.165) is 40.6 Å². The molecule has 0 fully saturated rings. The minimum absolute atomic E-state index is 0.910. The van der Waals surface area contributed by atoms with E-state index in [9.17, 15) is 0 Å². The predicted molar refractivity (Wildman–Crippen MR) is 162 cm³/mol. The molecule has 0 aromatic heterocycles. The summed E-state index contributed by atoms with van der Waals surface area (Å²) in [5.41, 5.74) is 8.33. The van der Waals surface area contributed by atoms with Crippen LogP contribution in [0.1, 0.15) is 43.2 Å². The van der Waals surface area contributed by atoms with Crippen molar-refractivity contribution < 1.29 is 4.57 Å². The molecule has 5 aromatic carbocycles. The molecule has 186 valence electrons. The molecule has 0 N–H and O–H groups in total. The van der Waals surface area contributed by atoms with Crippen LogP contribution in [0, 0.1) is 0 Å². The van der Waals surface area contributed by atoms with Gasteiger partial charge in [-0.3, -0.25) is 0 Å². The standard InChI is InChI=1S/C36H31OP/c37-38(28-18-8-3-9-19-28,29-20-10-4-11-21-29)36-32-24-14-13-23-31(32)34(26-15-5-1-6-16-26)35-30-22-12-2-7-17-27(30)25-33(35)36/h1,3-6,8-11,13-16,18-21,23-24H,2,7,12,17,22,25H2. The largest absolute Gasteiger partial charge is 0.309 e. The number of rotatable bonds is 4. The Morgan fingerprint density at radius 1 is 0.526 bits per heavy atom. The van der Waals surface area contributed by atoms with Crippen molar-refractivity contribution in [3.05, 3.63) is 132 Å². The van der Waals surface area contributed by atoms with E-state index in [1.54, 1.807) is 5.57 Å². The average Bonchev–Trinajstić information content (AvgIpc) is 3.17. The van der Waals surface area contributed by atoms with Crippen LogP contribution in [-0.2, 0) is 11.0 Å². The van der Waals surface area contributed by atoms with Gasteiger partial charge in [-0.2, -0.15) is 0 Å². The van der Waals surface area contributed by atoms with Crippen molar-refractivity contribution in [3.8, 4) is 11.1 Å². The van der Waals surface area contributed by atoms with Crippen molar-refractivity contribution in [3.63, 3.8) is 0 Å². The van der Waals surface area contributed by atoms with Crippen LogP contribution in [0.15, 0.2) is 121 Å². The van der Waals surface area contributed by atoms with Gasteiger partial charge in [-0.1, -0.05) is 127 Å². The molecule has 0 saturated carbocycles. The van der Waals surface area contributed by atoms with Gasteiger partial charge in [0.2, 0.25) is 0 Å². The molecule has 1 nitrogen and oxygen atoms in total. The Hall–Kier alpha value is -3.67. The second-order valence-corrected chi connectivity index (χ2v) is 13.3. The van der Waals surface area contributed by atoms with Crippen LogP contribution in [0.4, 0.5) is 0 Å². The second-order valence-electron chi connectivity index (χ2n) is 10.6. The molecule has 7 rings (SSSR count). The zero-order valence-electron chi connectivity index (χ0n) is 21.6. The van der Waals surface area contributed by atoms with E-state index in [-0.39, 0.29) is 0 Å². The average molecular weight is 511 g/mol. The molecular weight excluding hydrogens is 479 g/mol. The highest BCUT2D eigenvalue weighted by Crippen LogP contribution is 2.53. The highest BCUT2D eigenvalue weighted by molar-refractivity contribution is 7.85. The summed E-state index contributed by atoms with van der Waals surface area (Å²) in [7, 11) is -3.17. The fourth-order valence-electron chi connectivity index (χ4n) is 6.78. The fourth-order valence-corrected chi connectivity index (χ4v) is 9.89. The fraction of sp³-hybridized carbons (Fsp3) is 0.167. The maximum absolute atomic E-state index is 15.9. The smallest absolute Gasteiger partial charge is 0.171 e. The first-order valence-corrected chi connectivity index (χ1v) is 15.5.